The van der Waals surface area contributed by atoms with E-state index in [2.05, 4.69) is 0 Å². The van der Waals surface area contributed by atoms with E-state index in [0.717, 1.165) is 26.5 Å². The van der Waals surface area contributed by atoms with E-state index in [-0.39, 0.29) is 17.1 Å². The quantitative estimate of drug-likeness (QED) is 0.936. The topological polar surface area (TPSA) is 46.3 Å². The number of hydrogen-bond donors (Lipinski definition) is 1. The van der Waals surface area contributed by atoms with Gasteiger partial charge in [-0.3, -0.25) is 4.79 Å². The SMILES string of the molecule is CCN(CC(F)(F)F)C(=O)c1sc2cc(C)ccc2c1N. The number of nitrogens with zero attached hydrogens (tertiary/aromatic N) is 1. The second-order valence-electron chi connectivity index (χ2n) is 4.78. The van der Waals surface area contributed by atoms with Crippen LogP contribution < -0.4 is 5.73 Å². The zero-order valence-electron chi connectivity index (χ0n) is 11.6. The van der Waals surface area contributed by atoms with E-state index in [9.17, 15) is 18.0 Å². The number of carbonyl (C=O) groups is 1. The van der Waals surface area contributed by atoms with Crippen molar-refractivity contribution < 1.29 is 18.0 Å². The minimum atomic E-state index is -4.42. The van der Waals surface area contributed by atoms with Crippen LogP contribution in [0.3, 0.4) is 0 Å². The summed E-state index contributed by atoms with van der Waals surface area (Å²) >= 11 is 1.13. The molecule has 0 fully saturated rings. The van der Waals surface area contributed by atoms with Gasteiger partial charge in [-0.15, -0.1) is 11.3 Å². The van der Waals surface area contributed by atoms with Crippen molar-refractivity contribution in [2.24, 2.45) is 0 Å². The first-order chi connectivity index (χ1) is 9.73. The van der Waals surface area contributed by atoms with Crippen molar-refractivity contribution >= 4 is 33.0 Å². The fourth-order valence-corrected chi connectivity index (χ4v) is 3.26. The number of nitrogens with two attached hydrogens (primary N) is 1. The van der Waals surface area contributed by atoms with E-state index >= 15 is 0 Å². The molecular formula is C14H15F3N2OS. The maximum Gasteiger partial charge on any atom is 0.406 e. The first kappa shape index (κ1) is 15.6. The molecule has 0 unspecified atom stereocenters. The van der Waals surface area contributed by atoms with Crippen LogP contribution >= 0.6 is 11.3 Å². The smallest absolute Gasteiger partial charge is 0.397 e. The maximum absolute atomic E-state index is 12.5. The number of thiophene rings is 1. The van der Waals surface area contributed by atoms with Crippen molar-refractivity contribution in [1.82, 2.24) is 4.90 Å². The molecule has 1 aromatic carbocycles. The van der Waals surface area contributed by atoms with E-state index in [1.165, 1.54) is 6.92 Å². The first-order valence-electron chi connectivity index (χ1n) is 6.37. The molecule has 0 aliphatic rings. The Morgan fingerprint density at radius 2 is 2.05 bits per heavy atom. The summed E-state index contributed by atoms with van der Waals surface area (Å²) in [7, 11) is 0. The number of carbonyl (C=O) groups excluding carboxylic acids is 1. The van der Waals surface area contributed by atoms with Crippen molar-refractivity contribution in [1.29, 1.82) is 0 Å². The molecule has 0 aliphatic heterocycles. The van der Waals surface area contributed by atoms with Crippen LogP contribution in [0, 0.1) is 6.92 Å². The Balaban J connectivity index is 2.40. The summed E-state index contributed by atoms with van der Waals surface area (Å²) in [6, 6.07) is 5.51. The molecule has 1 heterocycles. The van der Waals surface area contributed by atoms with E-state index in [1.54, 1.807) is 6.07 Å². The highest BCUT2D eigenvalue weighted by Crippen LogP contribution is 2.35. The van der Waals surface area contributed by atoms with Crippen molar-refractivity contribution in [3.63, 3.8) is 0 Å². The number of halogens is 3. The van der Waals surface area contributed by atoms with Gasteiger partial charge in [0.1, 0.15) is 11.4 Å². The molecule has 21 heavy (non-hydrogen) atoms. The van der Waals surface area contributed by atoms with Gasteiger partial charge in [0.2, 0.25) is 0 Å². The summed E-state index contributed by atoms with van der Waals surface area (Å²) < 4.78 is 38.3. The van der Waals surface area contributed by atoms with Gasteiger partial charge in [-0.25, -0.2) is 0 Å². The lowest BCUT2D eigenvalue weighted by molar-refractivity contribution is -0.140. The third-order valence-electron chi connectivity index (χ3n) is 3.12. The number of anilines is 1. The van der Waals surface area contributed by atoms with Gasteiger partial charge in [-0.1, -0.05) is 12.1 Å². The van der Waals surface area contributed by atoms with Gasteiger partial charge in [0.25, 0.3) is 5.91 Å². The fourth-order valence-electron chi connectivity index (χ4n) is 2.07. The predicted molar refractivity (Wildman–Crippen MR) is 78.6 cm³/mol. The molecule has 2 aromatic rings. The summed E-state index contributed by atoms with van der Waals surface area (Å²) in [4.78, 5) is 13.2. The molecule has 0 spiro atoms. The highest BCUT2D eigenvalue weighted by Gasteiger charge is 2.33. The van der Waals surface area contributed by atoms with E-state index < -0.39 is 18.6 Å². The van der Waals surface area contributed by atoms with Crippen LogP contribution in [0.15, 0.2) is 18.2 Å². The van der Waals surface area contributed by atoms with Gasteiger partial charge in [0.05, 0.1) is 5.69 Å². The van der Waals surface area contributed by atoms with E-state index in [4.69, 9.17) is 5.73 Å². The van der Waals surface area contributed by atoms with Gasteiger partial charge in [-0.2, -0.15) is 13.2 Å². The minimum absolute atomic E-state index is 0.0228. The molecule has 1 aromatic heterocycles. The zero-order chi connectivity index (χ0) is 15.8. The lowest BCUT2D eigenvalue weighted by atomic mass is 10.1. The van der Waals surface area contributed by atoms with Crippen molar-refractivity contribution in [3.8, 4) is 0 Å². The van der Waals surface area contributed by atoms with Crippen LogP contribution in [0.1, 0.15) is 22.2 Å². The number of hydrogen-bond acceptors (Lipinski definition) is 3. The third kappa shape index (κ3) is 3.29. The Bertz CT molecular complexity index is 679. The molecule has 0 bridgehead atoms. The Labute approximate surface area is 124 Å². The number of alkyl halides is 3. The molecule has 0 saturated carbocycles. The molecule has 1 amide bonds. The van der Waals surface area contributed by atoms with Crippen LogP contribution in [0.2, 0.25) is 0 Å². The number of rotatable bonds is 3. The van der Waals surface area contributed by atoms with Crippen molar-refractivity contribution in [2.75, 3.05) is 18.8 Å². The molecule has 7 heteroatoms. The number of aryl methyl sites for hydroxylation is 1. The second-order valence-corrected chi connectivity index (χ2v) is 5.83. The molecule has 0 aliphatic carbocycles. The normalized spacial score (nSPS) is 11.9. The van der Waals surface area contributed by atoms with Crippen LogP contribution in [0.25, 0.3) is 10.1 Å². The summed E-state index contributed by atoms with van der Waals surface area (Å²) in [6.07, 6.45) is -4.42. The standard InChI is InChI=1S/C14H15F3N2OS/c1-3-19(7-14(15,16)17)13(20)12-11(18)9-5-4-8(2)6-10(9)21-12/h4-6H,3,7,18H2,1-2H3. The van der Waals surface area contributed by atoms with Crippen LogP contribution in [-0.2, 0) is 0 Å². The van der Waals surface area contributed by atoms with Crippen LogP contribution in [0.5, 0.6) is 0 Å². The highest BCUT2D eigenvalue weighted by atomic mass is 32.1. The first-order valence-corrected chi connectivity index (χ1v) is 7.19. The van der Waals surface area contributed by atoms with E-state index in [1.807, 2.05) is 19.1 Å². The maximum atomic E-state index is 12.5. The summed E-state index contributed by atoms with van der Waals surface area (Å²) in [5.74, 6) is -0.675. The number of fused-ring (bicyclic) bond motifs is 1. The minimum Gasteiger partial charge on any atom is -0.397 e. The lowest BCUT2D eigenvalue weighted by Crippen LogP contribution is -2.38. The number of amides is 1. The van der Waals surface area contributed by atoms with E-state index in [0.29, 0.717) is 5.39 Å². The molecule has 2 rings (SSSR count). The van der Waals surface area contributed by atoms with Crippen LogP contribution in [0.4, 0.5) is 18.9 Å². The van der Waals surface area contributed by atoms with Crippen LogP contribution in [-0.4, -0.2) is 30.1 Å². The monoisotopic (exact) mass is 316 g/mol. The predicted octanol–water partition coefficient (Wildman–Crippen LogP) is 3.82. The van der Waals surface area contributed by atoms with Crippen molar-refractivity contribution in [2.45, 2.75) is 20.0 Å². The third-order valence-corrected chi connectivity index (χ3v) is 4.27. The molecule has 0 atom stereocenters. The Morgan fingerprint density at radius 1 is 1.38 bits per heavy atom. The van der Waals surface area contributed by atoms with Gasteiger partial charge in [0, 0.05) is 16.6 Å². The highest BCUT2D eigenvalue weighted by molar-refractivity contribution is 7.21. The Kier molecular flexibility index (Phi) is 4.13. The summed E-state index contributed by atoms with van der Waals surface area (Å²) in [5, 5.41) is 0.706. The van der Waals surface area contributed by atoms with Gasteiger partial charge in [-0.05, 0) is 25.5 Å². The Morgan fingerprint density at radius 3 is 2.62 bits per heavy atom. The average molecular weight is 316 g/mol. The molecule has 0 saturated heterocycles. The molecule has 0 radical (unpaired) electrons. The van der Waals surface area contributed by atoms with Gasteiger partial charge >= 0.3 is 6.18 Å². The molecule has 114 valence electrons. The number of nitrogen functional groups attached to an aromatic ring is 1. The number of benzene rings is 1. The molecule has 2 N–H and O–H groups in total. The molecule has 3 nitrogen and oxygen atoms in total. The summed E-state index contributed by atoms with van der Waals surface area (Å²) in [6.45, 7) is 2.12. The summed E-state index contributed by atoms with van der Waals surface area (Å²) in [5.41, 5.74) is 7.18. The van der Waals surface area contributed by atoms with Gasteiger partial charge < -0.3 is 10.6 Å². The largest absolute Gasteiger partial charge is 0.406 e. The Hall–Kier alpha value is -1.76. The lowest BCUT2D eigenvalue weighted by Gasteiger charge is -2.21. The van der Waals surface area contributed by atoms with Gasteiger partial charge in [0.15, 0.2) is 0 Å². The second kappa shape index (κ2) is 5.55. The molecular weight excluding hydrogens is 301 g/mol. The van der Waals surface area contributed by atoms with Crippen molar-refractivity contribution in [3.05, 3.63) is 28.6 Å². The fraction of sp³-hybridized carbons (Fsp3) is 0.357. The average Bonchev–Trinajstić information content (AvgIpc) is 2.71. The zero-order valence-corrected chi connectivity index (χ0v) is 12.4.